The van der Waals surface area contributed by atoms with E-state index in [1.807, 2.05) is 12.1 Å². The Kier molecular flexibility index (Phi) is 7.56. The second-order valence-corrected chi connectivity index (χ2v) is 6.56. The van der Waals surface area contributed by atoms with E-state index >= 15 is 0 Å². The molecule has 23 heavy (non-hydrogen) atoms. The first-order valence-corrected chi connectivity index (χ1v) is 8.82. The van der Waals surface area contributed by atoms with Crippen molar-refractivity contribution in [1.82, 2.24) is 10.2 Å². The van der Waals surface area contributed by atoms with E-state index in [2.05, 4.69) is 36.2 Å². The van der Waals surface area contributed by atoms with Crippen LogP contribution in [0.4, 0.5) is 0 Å². The fraction of sp³-hybridized carbons (Fsp3) is 0.632. The molecular formula is C19H30N2O2. The third-order valence-electron chi connectivity index (χ3n) is 4.44. The maximum absolute atomic E-state index is 12.2. The highest BCUT2D eigenvalue weighted by molar-refractivity contribution is 5.78. The molecule has 1 heterocycles. The molecule has 1 N–H and O–H groups in total. The Morgan fingerprint density at radius 2 is 1.96 bits per heavy atom. The summed E-state index contributed by atoms with van der Waals surface area (Å²) >= 11 is 0. The van der Waals surface area contributed by atoms with Crippen LogP contribution in [-0.2, 0) is 22.7 Å². The fourth-order valence-electron chi connectivity index (χ4n) is 2.87. The van der Waals surface area contributed by atoms with Crippen molar-refractivity contribution in [3.05, 3.63) is 35.4 Å². The van der Waals surface area contributed by atoms with Crippen LogP contribution in [0.5, 0.6) is 0 Å². The number of ether oxygens (including phenoxy) is 1. The molecule has 2 rings (SSSR count). The van der Waals surface area contributed by atoms with E-state index < -0.39 is 0 Å². The average molecular weight is 318 g/mol. The van der Waals surface area contributed by atoms with Crippen LogP contribution in [0, 0.1) is 5.92 Å². The van der Waals surface area contributed by atoms with Crippen molar-refractivity contribution in [2.24, 2.45) is 5.92 Å². The first-order valence-electron chi connectivity index (χ1n) is 8.82. The molecule has 0 atom stereocenters. The lowest BCUT2D eigenvalue weighted by molar-refractivity contribution is -0.122. The quantitative estimate of drug-likeness (QED) is 0.749. The molecule has 1 aliphatic heterocycles. The standard InChI is InChI=1S/C19H30N2O2/c1-3-12-23-15-18-7-5-4-6-17(18)13-20-19(22)14-21-10-8-16(2)9-11-21/h4-7,16H,3,8-15H2,1-2H3,(H,20,22). The van der Waals surface area contributed by atoms with Crippen LogP contribution in [0.2, 0.25) is 0 Å². The summed E-state index contributed by atoms with van der Waals surface area (Å²) in [5.74, 6) is 0.910. The number of carbonyl (C=O) groups excluding carboxylic acids is 1. The van der Waals surface area contributed by atoms with Crippen molar-refractivity contribution in [2.45, 2.75) is 46.3 Å². The van der Waals surface area contributed by atoms with Crippen LogP contribution >= 0.6 is 0 Å². The molecule has 0 aromatic heterocycles. The van der Waals surface area contributed by atoms with Crippen LogP contribution in [0.1, 0.15) is 44.2 Å². The van der Waals surface area contributed by atoms with Crippen LogP contribution in [0.3, 0.4) is 0 Å². The molecule has 4 nitrogen and oxygen atoms in total. The van der Waals surface area contributed by atoms with Gasteiger partial charge in [-0.05, 0) is 49.4 Å². The number of likely N-dealkylation sites (tertiary alicyclic amines) is 1. The lowest BCUT2D eigenvalue weighted by atomic mass is 9.99. The number of hydrogen-bond acceptors (Lipinski definition) is 3. The predicted octanol–water partition coefficient (Wildman–Crippen LogP) is 2.96. The van der Waals surface area contributed by atoms with E-state index in [0.717, 1.165) is 43.2 Å². The number of hydrogen-bond donors (Lipinski definition) is 1. The van der Waals surface area contributed by atoms with Gasteiger partial charge in [-0.2, -0.15) is 0 Å². The topological polar surface area (TPSA) is 41.6 Å². The Hall–Kier alpha value is -1.39. The largest absolute Gasteiger partial charge is 0.377 e. The van der Waals surface area contributed by atoms with Crippen LogP contribution in [-0.4, -0.2) is 37.0 Å². The van der Waals surface area contributed by atoms with Gasteiger partial charge in [0.15, 0.2) is 0 Å². The van der Waals surface area contributed by atoms with Crippen molar-refractivity contribution in [3.63, 3.8) is 0 Å². The monoisotopic (exact) mass is 318 g/mol. The Balaban J connectivity index is 1.77. The minimum absolute atomic E-state index is 0.115. The molecule has 4 heteroatoms. The predicted molar refractivity (Wildman–Crippen MR) is 93.1 cm³/mol. The lowest BCUT2D eigenvalue weighted by Crippen LogP contribution is -2.41. The molecule has 0 saturated carbocycles. The third kappa shape index (κ3) is 6.32. The van der Waals surface area contributed by atoms with Gasteiger partial charge in [0.1, 0.15) is 0 Å². The summed E-state index contributed by atoms with van der Waals surface area (Å²) < 4.78 is 5.63. The summed E-state index contributed by atoms with van der Waals surface area (Å²) in [5, 5.41) is 3.05. The second-order valence-electron chi connectivity index (χ2n) is 6.56. The van der Waals surface area contributed by atoms with Gasteiger partial charge in [-0.15, -0.1) is 0 Å². The minimum Gasteiger partial charge on any atom is -0.377 e. The van der Waals surface area contributed by atoms with Crippen LogP contribution in [0.25, 0.3) is 0 Å². The van der Waals surface area contributed by atoms with Gasteiger partial charge < -0.3 is 10.1 Å². The zero-order valence-corrected chi connectivity index (χ0v) is 14.5. The van der Waals surface area contributed by atoms with E-state index in [4.69, 9.17) is 4.74 Å². The molecule has 0 bridgehead atoms. The SMILES string of the molecule is CCCOCc1ccccc1CNC(=O)CN1CCC(C)CC1. The first kappa shape index (κ1) is 18.0. The maximum atomic E-state index is 12.2. The van der Waals surface area contributed by atoms with Crippen molar-refractivity contribution in [1.29, 1.82) is 0 Å². The van der Waals surface area contributed by atoms with Crippen molar-refractivity contribution in [3.8, 4) is 0 Å². The van der Waals surface area contributed by atoms with E-state index in [-0.39, 0.29) is 5.91 Å². The highest BCUT2D eigenvalue weighted by Crippen LogP contribution is 2.15. The molecular weight excluding hydrogens is 288 g/mol. The molecule has 0 spiro atoms. The minimum atomic E-state index is 0.115. The third-order valence-corrected chi connectivity index (χ3v) is 4.44. The summed E-state index contributed by atoms with van der Waals surface area (Å²) in [6.07, 6.45) is 3.42. The van der Waals surface area contributed by atoms with Crippen LogP contribution in [0.15, 0.2) is 24.3 Å². The average Bonchev–Trinajstić information content (AvgIpc) is 2.56. The molecule has 0 aliphatic carbocycles. The van der Waals surface area contributed by atoms with E-state index in [0.29, 0.717) is 19.7 Å². The van der Waals surface area contributed by atoms with Gasteiger partial charge in [0.05, 0.1) is 13.2 Å². The Morgan fingerprint density at radius 3 is 2.65 bits per heavy atom. The van der Waals surface area contributed by atoms with Gasteiger partial charge in [-0.3, -0.25) is 9.69 Å². The van der Waals surface area contributed by atoms with Gasteiger partial charge in [-0.1, -0.05) is 38.1 Å². The first-order chi connectivity index (χ1) is 11.2. The summed E-state index contributed by atoms with van der Waals surface area (Å²) in [4.78, 5) is 14.4. The fourth-order valence-corrected chi connectivity index (χ4v) is 2.87. The Morgan fingerprint density at radius 1 is 1.26 bits per heavy atom. The highest BCUT2D eigenvalue weighted by Gasteiger charge is 2.17. The molecule has 1 aliphatic rings. The van der Waals surface area contributed by atoms with Crippen molar-refractivity contribution >= 4 is 5.91 Å². The number of benzene rings is 1. The normalized spacial score (nSPS) is 16.4. The number of carbonyl (C=O) groups is 1. The highest BCUT2D eigenvalue weighted by atomic mass is 16.5. The van der Waals surface area contributed by atoms with Crippen molar-refractivity contribution in [2.75, 3.05) is 26.2 Å². The van der Waals surface area contributed by atoms with E-state index in [1.54, 1.807) is 0 Å². The number of nitrogens with zero attached hydrogens (tertiary/aromatic N) is 1. The number of piperidine rings is 1. The molecule has 128 valence electrons. The molecule has 1 aromatic rings. The van der Waals surface area contributed by atoms with Crippen molar-refractivity contribution < 1.29 is 9.53 Å². The maximum Gasteiger partial charge on any atom is 0.234 e. The van der Waals surface area contributed by atoms with E-state index in [9.17, 15) is 4.79 Å². The molecule has 1 amide bonds. The lowest BCUT2D eigenvalue weighted by Gasteiger charge is -2.29. The summed E-state index contributed by atoms with van der Waals surface area (Å²) in [6, 6.07) is 8.17. The molecule has 1 fully saturated rings. The van der Waals surface area contributed by atoms with Gasteiger partial charge in [-0.25, -0.2) is 0 Å². The molecule has 1 aromatic carbocycles. The Bertz CT molecular complexity index is 482. The molecule has 1 saturated heterocycles. The second kappa shape index (κ2) is 9.68. The molecule has 0 radical (unpaired) electrons. The number of nitrogens with one attached hydrogen (secondary N) is 1. The zero-order chi connectivity index (χ0) is 16.5. The van der Waals surface area contributed by atoms with Gasteiger partial charge >= 0.3 is 0 Å². The zero-order valence-electron chi connectivity index (χ0n) is 14.5. The number of amides is 1. The smallest absolute Gasteiger partial charge is 0.234 e. The van der Waals surface area contributed by atoms with E-state index in [1.165, 1.54) is 12.8 Å². The number of rotatable bonds is 8. The van der Waals surface area contributed by atoms with Crippen LogP contribution < -0.4 is 5.32 Å². The van der Waals surface area contributed by atoms with Gasteiger partial charge in [0, 0.05) is 13.2 Å². The summed E-state index contributed by atoms with van der Waals surface area (Å²) in [6.45, 7) is 8.95. The Labute approximate surface area is 140 Å². The van der Waals surface area contributed by atoms with Gasteiger partial charge in [0.25, 0.3) is 0 Å². The van der Waals surface area contributed by atoms with Gasteiger partial charge in [0.2, 0.25) is 5.91 Å². The molecule has 0 unspecified atom stereocenters. The summed E-state index contributed by atoms with van der Waals surface area (Å²) in [7, 11) is 0. The summed E-state index contributed by atoms with van der Waals surface area (Å²) in [5.41, 5.74) is 2.30.